The number of hydrogen-bond acceptors (Lipinski definition) is 15. The Balaban J connectivity index is 3.20. The highest BCUT2D eigenvalue weighted by Crippen LogP contribution is 2.14. The number of rotatable bonds is 41. The van der Waals surface area contributed by atoms with Crippen LogP contribution in [0, 0.1) is 5.92 Å². The first-order chi connectivity index (χ1) is 26.2. The molecule has 16 heteroatoms. The number of esters is 1. The van der Waals surface area contributed by atoms with E-state index in [9.17, 15) is 9.59 Å². The lowest BCUT2D eigenvalue weighted by Gasteiger charge is -2.24. The van der Waals surface area contributed by atoms with Crippen LogP contribution in [0.15, 0.2) is 0 Å². The Hall–Kier alpha value is -1.70. The first kappa shape index (κ1) is 52.3. The highest BCUT2D eigenvalue weighted by atomic mass is 16.6. The molecule has 0 N–H and O–H groups in total. The van der Waals surface area contributed by atoms with Crippen molar-refractivity contribution in [2.24, 2.45) is 5.92 Å². The van der Waals surface area contributed by atoms with Crippen LogP contribution in [0.1, 0.15) is 60.3 Å². The average molecular weight is 786 g/mol. The van der Waals surface area contributed by atoms with Crippen LogP contribution in [0.2, 0.25) is 0 Å². The molecule has 0 aliphatic carbocycles. The number of ether oxygens (including phenoxy) is 13. The normalized spacial score (nSPS) is 12.3. The summed E-state index contributed by atoms with van der Waals surface area (Å²) in [4.78, 5) is 25.4. The van der Waals surface area contributed by atoms with Crippen molar-refractivity contribution in [1.82, 2.24) is 4.90 Å². The molecular formula is C38H75NO15. The lowest BCUT2D eigenvalue weighted by molar-refractivity contribution is -0.150. The van der Waals surface area contributed by atoms with Crippen LogP contribution in [0.4, 0.5) is 4.79 Å². The quantitative estimate of drug-likeness (QED) is 0.0651. The first-order valence-corrected chi connectivity index (χ1v) is 19.7. The Kier molecular flexibility index (Phi) is 38.3. The van der Waals surface area contributed by atoms with Gasteiger partial charge in [0.25, 0.3) is 0 Å². The van der Waals surface area contributed by atoms with E-state index >= 15 is 0 Å². The number of nitrogens with zero attached hydrogens (tertiary/aromatic N) is 1. The largest absolute Gasteiger partial charge is 0.463 e. The van der Waals surface area contributed by atoms with Crippen molar-refractivity contribution in [3.05, 3.63) is 0 Å². The standard InChI is InChI=1S/C38H75NO15/c1-7-9-10-35(8-2)36(40)53-34-33-52-32-31-51-30-29-50-28-27-49-26-25-48-24-23-47-22-21-46-20-19-45-18-17-44-16-15-43-14-13-42-12-11-39(6)37(41)54-38(3,4)5/h35H,7-34H2,1-6H3. The maximum atomic E-state index is 12.0. The SMILES string of the molecule is CCCCC(CC)C(=O)OCCOCCOCCOCCOCCOCCOCCOCCOCCOCCOCCOCCN(C)C(=O)OC(C)(C)C. The Bertz CT molecular complexity index is 818. The molecule has 0 fully saturated rings. The number of hydrogen-bond donors (Lipinski definition) is 0. The van der Waals surface area contributed by atoms with Crippen molar-refractivity contribution in [3.63, 3.8) is 0 Å². The molecule has 0 rings (SSSR count). The summed E-state index contributed by atoms with van der Waals surface area (Å²) in [6, 6.07) is 0. The first-order valence-electron chi connectivity index (χ1n) is 19.7. The molecule has 54 heavy (non-hydrogen) atoms. The van der Waals surface area contributed by atoms with Crippen molar-refractivity contribution >= 4 is 12.1 Å². The van der Waals surface area contributed by atoms with Crippen molar-refractivity contribution in [3.8, 4) is 0 Å². The van der Waals surface area contributed by atoms with Crippen LogP contribution < -0.4 is 0 Å². The predicted molar refractivity (Wildman–Crippen MR) is 202 cm³/mol. The molecule has 0 aliphatic rings. The lowest BCUT2D eigenvalue weighted by atomic mass is 10.00. The second kappa shape index (κ2) is 39.5. The van der Waals surface area contributed by atoms with Crippen molar-refractivity contribution in [2.75, 3.05) is 166 Å². The Morgan fingerprint density at radius 1 is 0.481 bits per heavy atom. The van der Waals surface area contributed by atoms with Crippen LogP contribution in [0.5, 0.6) is 0 Å². The maximum Gasteiger partial charge on any atom is 0.410 e. The zero-order chi connectivity index (χ0) is 39.8. The smallest absolute Gasteiger partial charge is 0.410 e. The van der Waals surface area contributed by atoms with Gasteiger partial charge in [-0.15, -0.1) is 0 Å². The van der Waals surface area contributed by atoms with E-state index < -0.39 is 5.60 Å². The van der Waals surface area contributed by atoms with Gasteiger partial charge in [0.15, 0.2) is 0 Å². The summed E-state index contributed by atoms with van der Waals surface area (Å²) in [7, 11) is 1.68. The number of carbonyl (C=O) groups excluding carboxylic acids is 2. The number of likely N-dealkylation sites (N-methyl/N-ethyl adjacent to an activating group) is 1. The molecule has 0 heterocycles. The molecule has 1 atom stereocenters. The van der Waals surface area contributed by atoms with E-state index in [0.717, 1.165) is 25.7 Å². The molecule has 0 radical (unpaired) electrons. The summed E-state index contributed by atoms with van der Waals surface area (Å²) in [6.45, 7) is 20.7. The molecule has 1 unspecified atom stereocenters. The molecule has 0 bridgehead atoms. The topological polar surface area (TPSA) is 157 Å². The zero-order valence-corrected chi connectivity index (χ0v) is 34.4. The van der Waals surface area contributed by atoms with E-state index in [2.05, 4.69) is 6.92 Å². The van der Waals surface area contributed by atoms with E-state index in [4.69, 9.17) is 61.6 Å². The second-order valence-electron chi connectivity index (χ2n) is 13.1. The highest BCUT2D eigenvalue weighted by molar-refractivity contribution is 5.72. The fourth-order valence-electron chi connectivity index (χ4n) is 4.19. The van der Waals surface area contributed by atoms with Crippen LogP contribution in [-0.2, 0) is 66.4 Å². The molecule has 0 aromatic carbocycles. The Morgan fingerprint density at radius 2 is 0.778 bits per heavy atom. The van der Waals surface area contributed by atoms with Crippen molar-refractivity contribution < 1.29 is 71.2 Å². The summed E-state index contributed by atoms with van der Waals surface area (Å²) in [5.74, 6) is -0.133. The second-order valence-corrected chi connectivity index (χ2v) is 13.1. The van der Waals surface area contributed by atoms with E-state index in [1.807, 2.05) is 27.7 Å². The van der Waals surface area contributed by atoms with Gasteiger partial charge >= 0.3 is 12.1 Å². The molecule has 0 aromatic rings. The van der Waals surface area contributed by atoms with Gasteiger partial charge in [-0.3, -0.25) is 4.79 Å². The fraction of sp³-hybridized carbons (Fsp3) is 0.947. The predicted octanol–water partition coefficient (Wildman–Crippen LogP) is 3.80. The lowest BCUT2D eigenvalue weighted by Crippen LogP contribution is -2.36. The molecule has 322 valence electrons. The van der Waals surface area contributed by atoms with Gasteiger partial charge in [0.05, 0.1) is 151 Å². The highest BCUT2D eigenvalue weighted by Gasteiger charge is 2.19. The third-order valence-electron chi connectivity index (χ3n) is 7.20. The zero-order valence-electron chi connectivity index (χ0n) is 34.4. The van der Waals surface area contributed by atoms with E-state index in [0.29, 0.717) is 152 Å². The Morgan fingerprint density at radius 3 is 1.06 bits per heavy atom. The van der Waals surface area contributed by atoms with Gasteiger partial charge in [0.2, 0.25) is 0 Å². The van der Waals surface area contributed by atoms with Gasteiger partial charge in [-0.25, -0.2) is 4.79 Å². The minimum Gasteiger partial charge on any atom is -0.463 e. The minimum absolute atomic E-state index is 0.00866. The van der Waals surface area contributed by atoms with Crippen molar-refractivity contribution in [2.45, 2.75) is 65.9 Å². The molecule has 0 saturated carbocycles. The summed E-state index contributed by atoms with van der Waals surface area (Å²) < 4.78 is 70.9. The molecule has 0 spiro atoms. The van der Waals surface area contributed by atoms with Crippen LogP contribution in [-0.4, -0.2) is 188 Å². The molecule has 1 amide bonds. The van der Waals surface area contributed by atoms with Gasteiger partial charge in [-0.05, 0) is 33.6 Å². The summed E-state index contributed by atoms with van der Waals surface area (Å²) in [5, 5.41) is 0. The Labute approximate surface area is 325 Å². The average Bonchev–Trinajstić information content (AvgIpc) is 3.14. The minimum atomic E-state index is -0.514. The van der Waals surface area contributed by atoms with E-state index in [1.54, 1.807) is 7.05 Å². The molecular weight excluding hydrogens is 710 g/mol. The van der Waals surface area contributed by atoms with E-state index in [1.165, 1.54) is 4.90 Å². The molecule has 0 aromatic heterocycles. The van der Waals surface area contributed by atoms with Gasteiger partial charge < -0.3 is 66.5 Å². The van der Waals surface area contributed by atoms with Gasteiger partial charge in [-0.1, -0.05) is 26.7 Å². The summed E-state index contributed by atoms with van der Waals surface area (Å²) in [5.41, 5.74) is -0.514. The van der Waals surface area contributed by atoms with Crippen molar-refractivity contribution in [1.29, 1.82) is 0 Å². The van der Waals surface area contributed by atoms with Crippen LogP contribution in [0.25, 0.3) is 0 Å². The summed E-state index contributed by atoms with van der Waals surface area (Å²) in [6.07, 6.45) is 3.45. The third kappa shape index (κ3) is 38.6. The number of unbranched alkanes of at least 4 members (excludes halogenated alkanes) is 1. The molecule has 0 aliphatic heterocycles. The van der Waals surface area contributed by atoms with Crippen LogP contribution in [0.3, 0.4) is 0 Å². The number of carbonyl (C=O) groups is 2. The summed E-state index contributed by atoms with van der Waals surface area (Å²) >= 11 is 0. The monoisotopic (exact) mass is 786 g/mol. The third-order valence-corrected chi connectivity index (χ3v) is 7.20. The fourth-order valence-corrected chi connectivity index (χ4v) is 4.19. The van der Waals surface area contributed by atoms with Gasteiger partial charge in [0, 0.05) is 13.6 Å². The van der Waals surface area contributed by atoms with Gasteiger partial charge in [-0.2, -0.15) is 0 Å². The molecule has 0 saturated heterocycles. The maximum absolute atomic E-state index is 12.0. The number of amides is 1. The van der Waals surface area contributed by atoms with E-state index in [-0.39, 0.29) is 24.6 Å². The molecule has 16 nitrogen and oxygen atoms in total. The van der Waals surface area contributed by atoms with Crippen LogP contribution >= 0.6 is 0 Å². The van der Waals surface area contributed by atoms with Gasteiger partial charge in [0.1, 0.15) is 12.2 Å².